The van der Waals surface area contributed by atoms with Gasteiger partial charge in [0.15, 0.2) is 0 Å². The average molecular weight is 298 g/mol. The summed E-state index contributed by atoms with van der Waals surface area (Å²) in [5.74, 6) is 0.484. The van der Waals surface area contributed by atoms with Crippen molar-refractivity contribution in [3.8, 4) is 0 Å². The molecule has 0 fully saturated rings. The second kappa shape index (κ2) is 8.12. The van der Waals surface area contributed by atoms with Crippen molar-refractivity contribution in [1.82, 2.24) is 15.3 Å². The molecule has 0 saturated carbocycles. The predicted molar refractivity (Wildman–Crippen MR) is 87.8 cm³/mol. The van der Waals surface area contributed by atoms with Gasteiger partial charge in [-0.25, -0.2) is 9.97 Å². The van der Waals surface area contributed by atoms with E-state index in [4.69, 9.17) is 0 Å². The summed E-state index contributed by atoms with van der Waals surface area (Å²) in [6.45, 7) is 4.81. The maximum Gasteiger partial charge on any atom is 0.270 e. The molecule has 2 rings (SSSR count). The van der Waals surface area contributed by atoms with Crippen LogP contribution in [0, 0.1) is 0 Å². The molecule has 1 aromatic heterocycles. The molecule has 1 amide bonds. The highest BCUT2D eigenvalue weighted by atomic mass is 16.1. The highest BCUT2D eigenvalue weighted by Gasteiger charge is 2.10. The van der Waals surface area contributed by atoms with Gasteiger partial charge in [-0.1, -0.05) is 43.7 Å². The van der Waals surface area contributed by atoms with Crippen molar-refractivity contribution in [2.75, 3.05) is 11.9 Å². The summed E-state index contributed by atoms with van der Waals surface area (Å²) >= 11 is 0. The van der Waals surface area contributed by atoms with Crippen molar-refractivity contribution in [2.45, 2.75) is 32.7 Å². The molecule has 0 saturated heterocycles. The van der Waals surface area contributed by atoms with Gasteiger partial charge in [0, 0.05) is 18.7 Å². The normalized spacial score (nSPS) is 11.7. The average Bonchev–Trinajstić information content (AvgIpc) is 2.56. The molecule has 5 heteroatoms. The lowest BCUT2D eigenvalue weighted by Gasteiger charge is -2.15. The van der Waals surface area contributed by atoms with Crippen molar-refractivity contribution in [1.29, 1.82) is 0 Å². The largest absolute Gasteiger partial charge is 0.363 e. The summed E-state index contributed by atoms with van der Waals surface area (Å²) < 4.78 is 0. The highest BCUT2D eigenvalue weighted by molar-refractivity contribution is 5.92. The van der Waals surface area contributed by atoms with Crippen LogP contribution in [-0.4, -0.2) is 22.4 Å². The summed E-state index contributed by atoms with van der Waals surface area (Å²) in [7, 11) is 0. The Bertz CT molecular complexity index is 601. The lowest BCUT2D eigenvalue weighted by molar-refractivity contribution is 0.0948. The van der Waals surface area contributed by atoms with Crippen LogP contribution in [0.4, 0.5) is 5.82 Å². The molecule has 5 nitrogen and oxygen atoms in total. The Kier molecular flexibility index (Phi) is 5.89. The van der Waals surface area contributed by atoms with Gasteiger partial charge in [-0.15, -0.1) is 0 Å². The van der Waals surface area contributed by atoms with Crippen LogP contribution in [0.2, 0.25) is 0 Å². The van der Waals surface area contributed by atoms with Crippen LogP contribution in [0.1, 0.15) is 48.8 Å². The maximum absolute atomic E-state index is 12.0. The number of benzene rings is 1. The Morgan fingerprint density at radius 1 is 1.23 bits per heavy atom. The Hall–Kier alpha value is -2.43. The van der Waals surface area contributed by atoms with Crippen molar-refractivity contribution in [3.63, 3.8) is 0 Å². The van der Waals surface area contributed by atoms with E-state index >= 15 is 0 Å². The van der Waals surface area contributed by atoms with Crippen molar-refractivity contribution < 1.29 is 4.79 Å². The molecule has 1 heterocycles. The number of unbranched alkanes of at least 4 members (excludes halogenated alkanes) is 1. The van der Waals surface area contributed by atoms with E-state index in [-0.39, 0.29) is 11.9 Å². The van der Waals surface area contributed by atoms with Gasteiger partial charge >= 0.3 is 0 Å². The Morgan fingerprint density at radius 2 is 2.00 bits per heavy atom. The molecule has 0 aliphatic heterocycles. The van der Waals surface area contributed by atoms with E-state index in [1.54, 1.807) is 6.07 Å². The van der Waals surface area contributed by atoms with E-state index in [9.17, 15) is 4.79 Å². The van der Waals surface area contributed by atoms with Crippen LogP contribution in [-0.2, 0) is 0 Å². The first-order valence-corrected chi connectivity index (χ1v) is 7.62. The molecule has 0 radical (unpaired) electrons. The molecule has 0 spiro atoms. The molecular formula is C17H22N4O. The van der Waals surface area contributed by atoms with Gasteiger partial charge in [0.2, 0.25) is 0 Å². The molecule has 1 aromatic carbocycles. The third-order valence-electron chi connectivity index (χ3n) is 3.38. The minimum Gasteiger partial charge on any atom is -0.363 e. The summed E-state index contributed by atoms with van der Waals surface area (Å²) in [5, 5.41) is 6.14. The predicted octanol–water partition coefficient (Wildman–Crippen LogP) is 3.18. The number of nitrogens with one attached hydrogen (secondary N) is 2. The number of aromatic nitrogens is 2. The number of carbonyl (C=O) groups is 1. The van der Waals surface area contributed by atoms with E-state index in [0.29, 0.717) is 18.1 Å². The SMILES string of the molecule is CCCCNC(=O)c1cc(NC(C)c2ccccc2)ncn1. The first-order chi connectivity index (χ1) is 10.7. The summed E-state index contributed by atoms with van der Waals surface area (Å²) in [6, 6.07) is 11.9. The fourth-order valence-electron chi connectivity index (χ4n) is 2.08. The van der Waals surface area contributed by atoms with Crippen molar-refractivity contribution in [3.05, 3.63) is 54.0 Å². The molecule has 0 aliphatic rings. The third-order valence-corrected chi connectivity index (χ3v) is 3.38. The number of nitrogens with zero attached hydrogens (tertiary/aromatic N) is 2. The number of anilines is 1. The van der Waals surface area contributed by atoms with Crippen LogP contribution >= 0.6 is 0 Å². The fourth-order valence-corrected chi connectivity index (χ4v) is 2.08. The van der Waals surface area contributed by atoms with E-state index in [2.05, 4.69) is 46.6 Å². The molecule has 2 N–H and O–H groups in total. The van der Waals surface area contributed by atoms with Crippen LogP contribution < -0.4 is 10.6 Å². The lowest BCUT2D eigenvalue weighted by atomic mass is 10.1. The summed E-state index contributed by atoms with van der Waals surface area (Å²) in [4.78, 5) is 20.2. The maximum atomic E-state index is 12.0. The quantitative estimate of drug-likeness (QED) is 0.770. The Labute approximate surface area is 131 Å². The van der Waals surface area contributed by atoms with E-state index in [1.807, 2.05) is 18.2 Å². The minimum absolute atomic E-state index is 0.104. The smallest absolute Gasteiger partial charge is 0.270 e. The second-order valence-electron chi connectivity index (χ2n) is 5.17. The minimum atomic E-state index is -0.161. The number of amides is 1. The fraction of sp³-hybridized carbons (Fsp3) is 0.353. The molecule has 1 atom stereocenters. The van der Waals surface area contributed by atoms with E-state index in [0.717, 1.165) is 18.4 Å². The number of hydrogen-bond acceptors (Lipinski definition) is 4. The van der Waals surface area contributed by atoms with Gasteiger partial charge in [0.05, 0.1) is 0 Å². The van der Waals surface area contributed by atoms with Gasteiger partial charge < -0.3 is 10.6 Å². The van der Waals surface area contributed by atoms with Crippen LogP contribution in [0.25, 0.3) is 0 Å². The lowest BCUT2D eigenvalue weighted by Crippen LogP contribution is -2.25. The van der Waals surface area contributed by atoms with Crippen molar-refractivity contribution >= 4 is 11.7 Å². The summed E-state index contributed by atoms with van der Waals surface area (Å²) in [6.07, 6.45) is 3.42. The molecule has 0 bridgehead atoms. The van der Waals surface area contributed by atoms with Gasteiger partial charge in [-0.3, -0.25) is 4.79 Å². The number of hydrogen-bond donors (Lipinski definition) is 2. The zero-order valence-corrected chi connectivity index (χ0v) is 13.0. The monoisotopic (exact) mass is 298 g/mol. The van der Waals surface area contributed by atoms with Crippen LogP contribution in [0.3, 0.4) is 0 Å². The van der Waals surface area contributed by atoms with Crippen molar-refractivity contribution in [2.24, 2.45) is 0 Å². The zero-order chi connectivity index (χ0) is 15.8. The van der Waals surface area contributed by atoms with Crippen LogP contribution in [0.5, 0.6) is 0 Å². The molecular weight excluding hydrogens is 276 g/mol. The first kappa shape index (κ1) is 15.9. The number of rotatable bonds is 7. The Balaban J connectivity index is 2.00. The zero-order valence-electron chi connectivity index (χ0n) is 13.0. The first-order valence-electron chi connectivity index (χ1n) is 7.62. The van der Waals surface area contributed by atoms with Gasteiger partial charge in [-0.2, -0.15) is 0 Å². The molecule has 116 valence electrons. The highest BCUT2D eigenvalue weighted by Crippen LogP contribution is 2.17. The third kappa shape index (κ3) is 4.55. The molecule has 0 aliphatic carbocycles. The topological polar surface area (TPSA) is 66.9 Å². The molecule has 22 heavy (non-hydrogen) atoms. The summed E-state index contributed by atoms with van der Waals surface area (Å²) in [5.41, 5.74) is 1.55. The van der Waals surface area contributed by atoms with Gasteiger partial charge in [-0.05, 0) is 18.9 Å². The van der Waals surface area contributed by atoms with E-state index < -0.39 is 0 Å². The van der Waals surface area contributed by atoms with Gasteiger partial charge in [0.1, 0.15) is 17.8 Å². The number of carbonyl (C=O) groups excluding carboxylic acids is 1. The standard InChI is InChI=1S/C17H22N4O/c1-3-4-10-18-17(22)15-11-16(20-12-19-15)21-13(2)14-8-6-5-7-9-14/h5-9,11-13H,3-4,10H2,1-2H3,(H,18,22)(H,19,20,21). The Morgan fingerprint density at radius 3 is 2.73 bits per heavy atom. The molecule has 2 aromatic rings. The van der Waals surface area contributed by atoms with E-state index in [1.165, 1.54) is 6.33 Å². The second-order valence-corrected chi connectivity index (χ2v) is 5.17. The molecule has 1 unspecified atom stereocenters. The van der Waals surface area contributed by atoms with Crippen LogP contribution in [0.15, 0.2) is 42.7 Å². The van der Waals surface area contributed by atoms with Gasteiger partial charge in [0.25, 0.3) is 5.91 Å².